The minimum absolute atomic E-state index is 0.0707. The Hall–Kier alpha value is -2.40. The lowest BCUT2D eigenvalue weighted by molar-refractivity contribution is 0.0713. The maximum atomic E-state index is 13.7. The van der Waals surface area contributed by atoms with Crippen LogP contribution in [0.1, 0.15) is 22.0 Å². The predicted octanol–water partition coefficient (Wildman–Crippen LogP) is 2.56. The number of likely N-dealkylation sites (tertiary alicyclic amines) is 1. The molecule has 5 heteroatoms. The highest BCUT2D eigenvalue weighted by Gasteiger charge is 2.46. The third-order valence-corrected chi connectivity index (χ3v) is 5.13. The van der Waals surface area contributed by atoms with Gasteiger partial charge in [0, 0.05) is 31.1 Å². The van der Waals surface area contributed by atoms with Crippen molar-refractivity contribution in [1.29, 1.82) is 0 Å². The Morgan fingerprint density at radius 2 is 1.96 bits per heavy atom. The lowest BCUT2D eigenvalue weighted by Gasteiger charge is -2.28. The molecule has 124 valence electrons. The molecule has 2 N–H and O–H groups in total. The number of hydrogen-bond donors (Lipinski definition) is 2. The molecule has 0 radical (unpaired) electrons. The molecule has 2 aliphatic heterocycles. The summed E-state index contributed by atoms with van der Waals surface area (Å²) in [5.41, 5.74) is 1.39. The zero-order chi connectivity index (χ0) is 16.7. The number of phenolic OH excluding ortho intramolecular Hbond substituents is 1. The van der Waals surface area contributed by atoms with E-state index in [0.717, 1.165) is 18.7 Å². The summed E-state index contributed by atoms with van der Waals surface area (Å²) in [6, 6.07) is 12.7. The molecule has 2 aliphatic rings. The fourth-order valence-corrected chi connectivity index (χ4v) is 4.02. The number of halogens is 1. The van der Waals surface area contributed by atoms with Crippen molar-refractivity contribution < 1.29 is 14.3 Å². The number of phenols is 1. The predicted molar refractivity (Wildman–Crippen MR) is 88.1 cm³/mol. The summed E-state index contributed by atoms with van der Waals surface area (Å²) in [4.78, 5) is 14.8. The quantitative estimate of drug-likeness (QED) is 0.892. The highest BCUT2D eigenvalue weighted by atomic mass is 19.1. The van der Waals surface area contributed by atoms with E-state index in [2.05, 4.69) is 5.32 Å². The molecule has 2 saturated heterocycles. The van der Waals surface area contributed by atoms with Crippen molar-refractivity contribution in [3.05, 3.63) is 65.5 Å². The van der Waals surface area contributed by atoms with E-state index in [-0.39, 0.29) is 23.5 Å². The molecule has 4 rings (SSSR count). The van der Waals surface area contributed by atoms with Gasteiger partial charge in [-0.2, -0.15) is 0 Å². The van der Waals surface area contributed by atoms with Crippen LogP contribution in [-0.4, -0.2) is 35.5 Å². The van der Waals surface area contributed by atoms with Crippen LogP contribution in [0.3, 0.4) is 0 Å². The summed E-state index contributed by atoms with van der Waals surface area (Å²) >= 11 is 0. The van der Waals surface area contributed by atoms with Gasteiger partial charge in [-0.25, -0.2) is 4.39 Å². The number of amides is 1. The van der Waals surface area contributed by atoms with Gasteiger partial charge < -0.3 is 15.3 Å². The van der Waals surface area contributed by atoms with Crippen LogP contribution in [0, 0.1) is 17.7 Å². The molecule has 0 aromatic heterocycles. The Balaban J connectivity index is 1.70. The van der Waals surface area contributed by atoms with Gasteiger partial charge in [0.15, 0.2) is 0 Å². The molecule has 0 spiro atoms. The molecule has 0 saturated carbocycles. The van der Waals surface area contributed by atoms with Crippen LogP contribution in [0.15, 0.2) is 48.5 Å². The first kappa shape index (κ1) is 15.1. The fraction of sp³-hybridized carbons (Fsp3) is 0.316. The molecule has 0 bridgehead atoms. The van der Waals surface area contributed by atoms with Crippen LogP contribution in [-0.2, 0) is 0 Å². The standard InChI is InChI=1S/C19H19FN2O2/c20-15-3-1-2-13(8-15)18-17-10-21-9-14(17)11-22(18)19(24)12-4-6-16(23)7-5-12/h1-8,14,17-18,21,23H,9-11H2/t14-,17-,18-/m0/s1. The largest absolute Gasteiger partial charge is 0.508 e. The van der Waals surface area contributed by atoms with E-state index in [1.165, 1.54) is 24.3 Å². The number of carbonyl (C=O) groups is 1. The van der Waals surface area contributed by atoms with Gasteiger partial charge in [0.1, 0.15) is 11.6 Å². The first-order valence-corrected chi connectivity index (χ1v) is 8.19. The highest BCUT2D eigenvalue weighted by Crippen LogP contribution is 2.43. The van der Waals surface area contributed by atoms with Crippen LogP contribution in [0.5, 0.6) is 5.75 Å². The number of carbonyl (C=O) groups excluding carboxylic acids is 1. The van der Waals surface area contributed by atoms with Crippen molar-refractivity contribution in [2.24, 2.45) is 11.8 Å². The topological polar surface area (TPSA) is 52.6 Å². The number of nitrogens with zero attached hydrogens (tertiary/aromatic N) is 1. The first-order chi connectivity index (χ1) is 11.6. The van der Waals surface area contributed by atoms with Crippen molar-refractivity contribution in [1.82, 2.24) is 10.2 Å². The van der Waals surface area contributed by atoms with Crippen LogP contribution >= 0.6 is 0 Å². The van der Waals surface area contributed by atoms with Crippen LogP contribution < -0.4 is 5.32 Å². The summed E-state index contributed by atoms with van der Waals surface area (Å²) in [5, 5.41) is 12.8. The molecule has 0 aliphatic carbocycles. The maximum Gasteiger partial charge on any atom is 0.254 e. The summed E-state index contributed by atoms with van der Waals surface area (Å²) in [5.74, 6) is 0.473. The van der Waals surface area contributed by atoms with Gasteiger partial charge in [0.05, 0.1) is 6.04 Å². The average molecular weight is 326 g/mol. The van der Waals surface area contributed by atoms with Gasteiger partial charge in [0.2, 0.25) is 0 Å². The second-order valence-corrected chi connectivity index (χ2v) is 6.59. The van der Waals surface area contributed by atoms with Crippen molar-refractivity contribution in [3.63, 3.8) is 0 Å². The van der Waals surface area contributed by atoms with Gasteiger partial charge in [-0.3, -0.25) is 4.79 Å². The minimum atomic E-state index is -0.279. The zero-order valence-electron chi connectivity index (χ0n) is 13.2. The van der Waals surface area contributed by atoms with Crippen LogP contribution in [0.25, 0.3) is 0 Å². The van der Waals surface area contributed by atoms with E-state index in [4.69, 9.17) is 0 Å². The normalized spacial score (nSPS) is 25.7. The SMILES string of the molecule is O=C(c1ccc(O)cc1)N1C[C@@H]2CNC[C@@H]2[C@@H]1c1cccc(F)c1. The third kappa shape index (κ3) is 2.55. The molecule has 3 atom stereocenters. The Morgan fingerprint density at radius 1 is 1.17 bits per heavy atom. The maximum absolute atomic E-state index is 13.7. The van der Waals surface area contributed by atoms with E-state index in [1.54, 1.807) is 18.2 Å². The molecule has 24 heavy (non-hydrogen) atoms. The van der Waals surface area contributed by atoms with Gasteiger partial charge in [-0.15, -0.1) is 0 Å². The van der Waals surface area contributed by atoms with Crippen molar-refractivity contribution in [2.75, 3.05) is 19.6 Å². The fourth-order valence-electron chi connectivity index (χ4n) is 4.02. The lowest BCUT2D eigenvalue weighted by atomic mass is 9.89. The molecule has 2 heterocycles. The molecule has 2 aromatic rings. The Bertz CT molecular complexity index is 762. The van der Waals surface area contributed by atoms with E-state index in [9.17, 15) is 14.3 Å². The molecular weight excluding hydrogens is 307 g/mol. The second-order valence-electron chi connectivity index (χ2n) is 6.59. The van der Waals surface area contributed by atoms with E-state index in [0.29, 0.717) is 23.9 Å². The second kappa shape index (κ2) is 5.91. The van der Waals surface area contributed by atoms with Gasteiger partial charge in [-0.1, -0.05) is 12.1 Å². The monoisotopic (exact) mass is 326 g/mol. The van der Waals surface area contributed by atoms with Gasteiger partial charge in [0.25, 0.3) is 5.91 Å². The lowest BCUT2D eigenvalue weighted by Crippen LogP contribution is -2.34. The molecule has 2 fully saturated rings. The molecule has 4 nitrogen and oxygen atoms in total. The van der Waals surface area contributed by atoms with Crippen molar-refractivity contribution in [3.8, 4) is 5.75 Å². The molecular formula is C19H19FN2O2. The number of nitrogens with one attached hydrogen (secondary N) is 1. The Labute approximate surface area is 139 Å². The van der Waals surface area contributed by atoms with Crippen LogP contribution in [0.2, 0.25) is 0 Å². The summed E-state index contributed by atoms with van der Waals surface area (Å²) in [7, 11) is 0. The Kier molecular flexibility index (Phi) is 3.73. The molecule has 2 aromatic carbocycles. The zero-order valence-corrected chi connectivity index (χ0v) is 13.2. The number of fused-ring (bicyclic) bond motifs is 1. The summed E-state index contributed by atoms with van der Waals surface area (Å²) in [6.45, 7) is 2.39. The first-order valence-electron chi connectivity index (χ1n) is 8.19. The van der Waals surface area contributed by atoms with Gasteiger partial charge in [-0.05, 0) is 47.9 Å². The highest BCUT2D eigenvalue weighted by molar-refractivity contribution is 5.95. The van der Waals surface area contributed by atoms with Crippen LogP contribution in [0.4, 0.5) is 4.39 Å². The van der Waals surface area contributed by atoms with Crippen molar-refractivity contribution >= 4 is 5.91 Å². The summed E-state index contributed by atoms with van der Waals surface area (Å²) < 4.78 is 13.7. The molecule has 0 unspecified atom stereocenters. The average Bonchev–Trinajstić information content (AvgIpc) is 3.15. The van der Waals surface area contributed by atoms with Crippen molar-refractivity contribution in [2.45, 2.75) is 6.04 Å². The van der Waals surface area contributed by atoms with E-state index < -0.39 is 0 Å². The number of aromatic hydroxyl groups is 1. The Morgan fingerprint density at radius 3 is 2.71 bits per heavy atom. The number of hydrogen-bond acceptors (Lipinski definition) is 3. The number of benzene rings is 2. The smallest absolute Gasteiger partial charge is 0.254 e. The number of rotatable bonds is 2. The van der Waals surface area contributed by atoms with E-state index in [1.807, 2.05) is 11.0 Å². The molecule has 1 amide bonds. The summed E-state index contributed by atoms with van der Waals surface area (Å²) in [6.07, 6.45) is 0. The third-order valence-electron chi connectivity index (χ3n) is 5.13. The van der Waals surface area contributed by atoms with Gasteiger partial charge >= 0.3 is 0 Å². The van der Waals surface area contributed by atoms with E-state index >= 15 is 0 Å². The minimum Gasteiger partial charge on any atom is -0.508 e.